The molecule has 0 bridgehead atoms. The van der Waals surface area contributed by atoms with Gasteiger partial charge in [-0.1, -0.05) is 30.3 Å². The lowest BCUT2D eigenvalue weighted by atomic mass is 10.1. The molecule has 0 heterocycles. The van der Waals surface area contributed by atoms with Crippen LogP contribution in [0.5, 0.6) is 5.75 Å². The molecule has 3 N–H and O–H groups in total. The minimum Gasteiger partial charge on any atom is -0.495 e. The summed E-state index contributed by atoms with van der Waals surface area (Å²) in [6.45, 7) is 0.255. The van der Waals surface area contributed by atoms with Gasteiger partial charge in [-0.2, -0.15) is 0 Å². The van der Waals surface area contributed by atoms with Crippen LogP contribution in [0, 0.1) is 5.82 Å². The fourth-order valence-electron chi connectivity index (χ4n) is 2.69. The summed E-state index contributed by atoms with van der Waals surface area (Å²) in [4.78, 5) is 24.4. The normalized spacial score (nSPS) is 10.1. The van der Waals surface area contributed by atoms with Gasteiger partial charge in [0.05, 0.1) is 12.8 Å². The number of hydrogen-bond donors (Lipinski definition) is 3. The number of halogens is 1. The fraction of sp³-hybridized carbons (Fsp3) is 0.0909. The lowest BCUT2D eigenvalue weighted by Crippen LogP contribution is -2.28. The van der Waals surface area contributed by atoms with E-state index in [0.29, 0.717) is 17.1 Å². The van der Waals surface area contributed by atoms with Crippen molar-refractivity contribution in [2.45, 2.75) is 6.54 Å². The van der Waals surface area contributed by atoms with Gasteiger partial charge in [0, 0.05) is 17.8 Å². The van der Waals surface area contributed by atoms with E-state index in [1.165, 1.54) is 31.4 Å². The van der Waals surface area contributed by atoms with E-state index in [1.807, 2.05) is 12.1 Å². The molecule has 0 saturated heterocycles. The maximum atomic E-state index is 13.3. The molecule has 0 unspecified atom stereocenters. The number of rotatable bonds is 6. The Bertz CT molecular complexity index is 1020. The molecule has 29 heavy (non-hydrogen) atoms. The number of ether oxygens (including phenoxy) is 1. The zero-order chi connectivity index (χ0) is 20.6. The molecule has 3 aromatic carbocycles. The van der Waals surface area contributed by atoms with Crippen molar-refractivity contribution in [3.8, 4) is 5.75 Å². The highest BCUT2D eigenvalue weighted by atomic mass is 19.1. The molecule has 7 heteroatoms. The maximum absolute atomic E-state index is 13.3. The number of methoxy groups -OCH3 is 1. The third kappa shape index (κ3) is 5.55. The Balaban J connectivity index is 1.58. The molecule has 0 fully saturated rings. The third-order valence-electron chi connectivity index (χ3n) is 4.08. The number of anilines is 2. The number of carbonyl (C=O) groups is 2. The molecular formula is C22H20FN3O3. The van der Waals surface area contributed by atoms with Gasteiger partial charge in [-0.15, -0.1) is 0 Å². The van der Waals surface area contributed by atoms with Crippen LogP contribution in [0.1, 0.15) is 15.9 Å². The van der Waals surface area contributed by atoms with Crippen LogP contribution in [0.2, 0.25) is 0 Å². The van der Waals surface area contributed by atoms with Crippen molar-refractivity contribution >= 4 is 23.3 Å². The van der Waals surface area contributed by atoms with Gasteiger partial charge in [-0.05, 0) is 48.0 Å². The van der Waals surface area contributed by atoms with Crippen LogP contribution in [-0.4, -0.2) is 19.0 Å². The number of carbonyl (C=O) groups excluding carboxylic acids is 2. The van der Waals surface area contributed by atoms with Crippen molar-refractivity contribution in [2.24, 2.45) is 0 Å². The van der Waals surface area contributed by atoms with Crippen molar-refractivity contribution in [3.05, 3.63) is 89.7 Å². The number of urea groups is 1. The quantitative estimate of drug-likeness (QED) is 0.580. The average molecular weight is 393 g/mol. The van der Waals surface area contributed by atoms with Gasteiger partial charge in [-0.3, -0.25) is 4.79 Å². The van der Waals surface area contributed by atoms with Crippen molar-refractivity contribution in [1.29, 1.82) is 0 Å². The molecule has 3 aromatic rings. The van der Waals surface area contributed by atoms with E-state index >= 15 is 0 Å². The van der Waals surface area contributed by atoms with Crippen LogP contribution in [0.25, 0.3) is 0 Å². The predicted molar refractivity (Wildman–Crippen MR) is 110 cm³/mol. The molecule has 0 aliphatic rings. The van der Waals surface area contributed by atoms with E-state index in [9.17, 15) is 14.0 Å². The molecule has 3 amide bonds. The smallest absolute Gasteiger partial charge is 0.319 e. The van der Waals surface area contributed by atoms with Crippen LogP contribution in [0.3, 0.4) is 0 Å². The molecule has 0 radical (unpaired) electrons. The zero-order valence-electron chi connectivity index (χ0n) is 15.7. The Morgan fingerprint density at radius 2 is 1.72 bits per heavy atom. The molecule has 3 rings (SSSR count). The second-order valence-electron chi connectivity index (χ2n) is 6.17. The second-order valence-corrected chi connectivity index (χ2v) is 6.17. The SMILES string of the molecule is COc1ccccc1NC(=O)NCc1cccc(NC(=O)c2cccc(F)c2)c1. The van der Waals surface area contributed by atoms with Crippen LogP contribution in [0.15, 0.2) is 72.8 Å². The lowest BCUT2D eigenvalue weighted by Gasteiger charge is -2.12. The predicted octanol–water partition coefficient (Wildman–Crippen LogP) is 4.41. The number of para-hydroxylation sites is 2. The van der Waals surface area contributed by atoms with Crippen LogP contribution >= 0.6 is 0 Å². The van der Waals surface area contributed by atoms with Crippen LogP contribution < -0.4 is 20.7 Å². The summed E-state index contributed by atoms with van der Waals surface area (Å²) in [6.07, 6.45) is 0. The molecular weight excluding hydrogens is 373 g/mol. The number of benzene rings is 3. The Kier molecular flexibility index (Phi) is 6.42. The molecule has 6 nitrogen and oxygen atoms in total. The van der Waals surface area contributed by atoms with E-state index in [1.54, 1.807) is 36.4 Å². The average Bonchev–Trinajstić information content (AvgIpc) is 2.73. The summed E-state index contributed by atoms with van der Waals surface area (Å²) in [7, 11) is 1.53. The Labute approximate surface area is 167 Å². The first-order valence-corrected chi connectivity index (χ1v) is 8.89. The van der Waals surface area contributed by atoms with Crippen LogP contribution in [-0.2, 0) is 6.54 Å². The molecule has 148 valence electrons. The second kappa shape index (κ2) is 9.36. The number of amides is 3. The van der Waals surface area contributed by atoms with Gasteiger partial charge in [-0.25, -0.2) is 9.18 Å². The van der Waals surface area contributed by atoms with E-state index in [2.05, 4.69) is 16.0 Å². The Morgan fingerprint density at radius 1 is 0.931 bits per heavy atom. The molecule has 0 saturated carbocycles. The summed E-state index contributed by atoms with van der Waals surface area (Å²) < 4.78 is 18.5. The monoisotopic (exact) mass is 393 g/mol. The molecule has 0 aliphatic carbocycles. The molecule has 0 aliphatic heterocycles. The van der Waals surface area contributed by atoms with Gasteiger partial charge in [0.15, 0.2) is 0 Å². The van der Waals surface area contributed by atoms with Crippen LogP contribution in [0.4, 0.5) is 20.6 Å². The first-order chi connectivity index (χ1) is 14.0. The standard InChI is InChI=1S/C22H20FN3O3/c1-29-20-11-3-2-10-19(20)26-22(28)24-14-15-6-4-9-18(12-15)25-21(27)16-7-5-8-17(23)13-16/h2-13H,14H2,1H3,(H,25,27)(H2,24,26,28). The van der Waals surface area contributed by atoms with E-state index in [-0.39, 0.29) is 18.1 Å². The Morgan fingerprint density at radius 3 is 2.52 bits per heavy atom. The molecule has 0 spiro atoms. The first kappa shape index (κ1) is 19.9. The maximum Gasteiger partial charge on any atom is 0.319 e. The Hall–Kier alpha value is -3.87. The topological polar surface area (TPSA) is 79.5 Å². The summed E-state index contributed by atoms with van der Waals surface area (Å²) in [5.74, 6) is -0.329. The highest BCUT2D eigenvalue weighted by Gasteiger charge is 2.09. The van der Waals surface area contributed by atoms with Gasteiger partial charge < -0.3 is 20.7 Å². The van der Waals surface area contributed by atoms with E-state index in [4.69, 9.17) is 4.74 Å². The van der Waals surface area contributed by atoms with Gasteiger partial charge in [0.1, 0.15) is 11.6 Å². The number of hydrogen-bond acceptors (Lipinski definition) is 3. The largest absolute Gasteiger partial charge is 0.495 e. The van der Waals surface area contributed by atoms with E-state index in [0.717, 1.165) is 5.56 Å². The van der Waals surface area contributed by atoms with Crippen molar-refractivity contribution in [3.63, 3.8) is 0 Å². The third-order valence-corrected chi connectivity index (χ3v) is 4.08. The van der Waals surface area contributed by atoms with Crippen molar-refractivity contribution in [1.82, 2.24) is 5.32 Å². The van der Waals surface area contributed by atoms with Gasteiger partial charge >= 0.3 is 6.03 Å². The number of nitrogens with one attached hydrogen (secondary N) is 3. The van der Waals surface area contributed by atoms with Gasteiger partial charge in [0.2, 0.25) is 0 Å². The fourth-order valence-corrected chi connectivity index (χ4v) is 2.69. The highest BCUT2D eigenvalue weighted by Crippen LogP contribution is 2.22. The zero-order valence-corrected chi connectivity index (χ0v) is 15.7. The summed E-state index contributed by atoms with van der Waals surface area (Å²) in [6, 6.07) is 19.2. The highest BCUT2D eigenvalue weighted by molar-refractivity contribution is 6.04. The van der Waals surface area contributed by atoms with Crippen molar-refractivity contribution < 1.29 is 18.7 Å². The summed E-state index contributed by atoms with van der Waals surface area (Å²) in [5, 5.41) is 8.19. The molecule has 0 aromatic heterocycles. The lowest BCUT2D eigenvalue weighted by molar-refractivity contribution is 0.102. The summed E-state index contributed by atoms with van der Waals surface area (Å²) in [5.41, 5.74) is 2.12. The van der Waals surface area contributed by atoms with E-state index < -0.39 is 11.7 Å². The molecule has 0 atom stereocenters. The van der Waals surface area contributed by atoms with Gasteiger partial charge in [0.25, 0.3) is 5.91 Å². The van der Waals surface area contributed by atoms with Crippen molar-refractivity contribution in [2.75, 3.05) is 17.7 Å². The first-order valence-electron chi connectivity index (χ1n) is 8.89. The minimum atomic E-state index is -0.475. The summed E-state index contributed by atoms with van der Waals surface area (Å²) >= 11 is 0. The minimum absolute atomic E-state index is 0.227.